The van der Waals surface area contributed by atoms with Gasteiger partial charge in [0.2, 0.25) is 0 Å². The summed E-state index contributed by atoms with van der Waals surface area (Å²) in [5.74, 6) is 0.470. The van der Waals surface area contributed by atoms with Gasteiger partial charge in [-0.1, -0.05) is 42.5 Å². The van der Waals surface area contributed by atoms with Crippen LogP contribution in [0.1, 0.15) is 23.3 Å². The molecular formula is C19H19FO3. The van der Waals surface area contributed by atoms with E-state index in [0.717, 1.165) is 16.9 Å². The van der Waals surface area contributed by atoms with Gasteiger partial charge in [0.1, 0.15) is 11.9 Å². The molecule has 0 aliphatic carbocycles. The summed E-state index contributed by atoms with van der Waals surface area (Å²) in [6.07, 6.45) is -0.837. The van der Waals surface area contributed by atoms with Crippen LogP contribution >= 0.6 is 0 Å². The van der Waals surface area contributed by atoms with Gasteiger partial charge in [0.05, 0.1) is 32.3 Å². The molecule has 0 bridgehead atoms. The van der Waals surface area contributed by atoms with Crippen LogP contribution in [0.4, 0.5) is 4.39 Å². The summed E-state index contributed by atoms with van der Waals surface area (Å²) < 4.78 is 32.5. The molecule has 0 N–H and O–H groups in total. The maximum Gasteiger partial charge on any atom is 0.172 e. The minimum atomic E-state index is -1.49. The summed E-state index contributed by atoms with van der Waals surface area (Å²) in [4.78, 5) is 0. The number of fused-ring (bicyclic) bond motifs is 1. The van der Waals surface area contributed by atoms with Crippen molar-refractivity contribution in [2.75, 3.05) is 20.3 Å². The quantitative estimate of drug-likeness (QED) is 0.861. The highest BCUT2D eigenvalue weighted by Crippen LogP contribution is 2.55. The van der Waals surface area contributed by atoms with E-state index in [4.69, 9.17) is 14.2 Å². The largest absolute Gasteiger partial charge is 0.497 e. The van der Waals surface area contributed by atoms with Gasteiger partial charge in [0.15, 0.2) is 5.67 Å². The highest BCUT2D eigenvalue weighted by Gasteiger charge is 2.60. The number of benzene rings is 2. The highest BCUT2D eigenvalue weighted by atomic mass is 19.1. The molecular weight excluding hydrogens is 295 g/mol. The Balaban J connectivity index is 1.61. The van der Waals surface area contributed by atoms with Crippen molar-refractivity contribution in [1.82, 2.24) is 0 Å². The summed E-state index contributed by atoms with van der Waals surface area (Å²) in [5.41, 5.74) is 0.346. The Morgan fingerprint density at radius 3 is 2.43 bits per heavy atom. The molecule has 0 saturated carbocycles. The van der Waals surface area contributed by atoms with Crippen molar-refractivity contribution in [3.63, 3.8) is 0 Å². The zero-order valence-corrected chi connectivity index (χ0v) is 12.9. The number of hydrogen-bond donors (Lipinski definition) is 0. The van der Waals surface area contributed by atoms with E-state index in [0.29, 0.717) is 6.61 Å². The van der Waals surface area contributed by atoms with Gasteiger partial charge in [0, 0.05) is 0 Å². The second kappa shape index (κ2) is 5.62. The molecule has 4 rings (SSSR count). The van der Waals surface area contributed by atoms with E-state index in [9.17, 15) is 0 Å². The number of hydrogen-bond acceptors (Lipinski definition) is 3. The molecule has 0 radical (unpaired) electrons. The Morgan fingerprint density at radius 2 is 1.74 bits per heavy atom. The molecule has 23 heavy (non-hydrogen) atoms. The van der Waals surface area contributed by atoms with Crippen molar-refractivity contribution in [1.29, 1.82) is 0 Å². The average molecular weight is 314 g/mol. The minimum absolute atomic E-state index is 0.0634. The van der Waals surface area contributed by atoms with E-state index in [2.05, 4.69) is 0 Å². The summed E-state index contributed by atoms with van der Waals surface area (Å²) in [6.45, 7) is 0.431. The predicted octanol–water partition coefficient (Wildman–Crippen LogP) is 3.86. The maximum atomic E-state index is 15.7. The summed E-state index contributed by atoms with van der Waals surface area (Å²) in [5, 5.41) is 0. The molecule has 4 heteroatoms. The van der Waals surface area contributed by atoms with E-state index in [1.807, 2.05) is 54.6 Å². The van der Waals surface area contributed by atoms with Gasteiger partial charge in [-0.2, -0.15) is 0 Å². The SMILES string of the molecule is COc1ccc([C@@H]2OCC3[C@@H](c4ccccc4)OC[C@@]32F)cc1. The van der Waals surface area contributed by atoms with Crippen LogP contribution in [0, 0.1) is 5.92 Å². The third-order valence-electron chi connectivity index (χ3n) is 4.89. The second-order valence-electron chi connectivity index (χ2n) is 6.16. The van der Waals surface area contributed by atoms with Crippen LogP contribution in [0.5, 0.6) is 5.75 Å². The number of halogens is 1. The molecule has 2 aromatic carbocycles. The summed E-state index contributed by atoms with van der Waals surface area (Å²) in [7, 11) is 1.61. The normalized spacial score (nSPS) is 32.7. The lowest BCUT2D eigenvalue weighted by atomic mass is 9.82. The third kappa shape index (κ3) is 2.33. The topological polar surface area (TPSA) is 27.7 Å². The van der Waals surface area contributed by atoms with Gasteiger partial charge < -0.3 is 14.2 Å². The Morgan fingerprint density at radius 1 is 1.00 bits per heavy atom. The molecule has 3 nitrogen and oxygen atoms in total. The lowest BCUT2D eigenvalue weighted by Gasteiger charge is -2.24. The minimum Gasteiger partial charge on any atom is -0.497 e. The highest BCUT2D eigenvalue weighted by molar-refractivity contribution is 5.32. The molecule has 2 aliphatic heterocycles. The first-order valence-electron chi connectivity index (χ1n) is 7.83. The summed E-state index contributed by atoms with van der Waals surface area (Å²) >= 11 is 0. The molecule has 4 atom stereocenters. The van der Waals surface area contributed by atoms with E-state index in [1.165, 1.54) is 0 Å². The van der Waals surface area contributed by atoms with E-state index >= 15 is 4.39 Å². The van der Waals surface area contributed by atoms with Crippen molar-refractivity contribution in [2.45, 2.75) is 17.9 Å². The second-order valence-corrected chi connectivity index (χ2v) is 6.16. The van der Waals surface area contributed by atoms with Gasteiger partial charge >= 0.3 is 0 Å². The zero-order valence-electron chi connectivity index (χ0n) is 12.9. The molecule has 2 saturated heterocycles. The Bertz CT molecular complexity index is 673. The van der Waals surface area contributed by atoms with Crippen LogP contribution < -0.4 is 4.74 Å². The molecule has 0 aromatic heterocycles. The van der Waals surface area contributed by atoms with Crippen molar-refractivity contribution in [3.8, 4) is 5.75 Å². The lowest BCUT2D eigenvalue weighted by Crippen LogP contribution is -2.34. The Hall–Kier alpha value is -1.91. The standard InChI is InChI=1S/C19H19FO3/c1-21-15-9-7-14(8-10-15)18-19(20)12-23-17(16(19)11-22-18)13-5-3-2-4-6-13/h2-10,16-18H,11-12H2,1H3/t16?,17-,18+,19-/m1/s1. The molecule has 2 aromatic rings. The monoisotopic (exact) mass is 314 g/mol. The predicted molar refractivity (Wildman–Crippen MR) is 84.2 cm³/mol. The van der Waals surface area contributed by atoms with Crippen LogP contribution in [-0.2, 0) is 9.47 Å². The first kappa shape index (κ1) is 14.7. The van der Waals surface area contributed by atoms with Crippen LogP contribution in [0.2, 0.25) is 0 Å². The lowest BCUT2D eigenvalue weighted by molar-refractivity contribution is -0.0181. The average Bonchev–Trinajstić information content (AvgIpc) is 3.10. The van der Waals surface area contributed by atoms with Crippen molar-refractivity contribution >= 4 is 0 Å². The number of methoxy groups -OCH3 is 1. The molecule has 2 fully saturated rings. The van der Waals surface area contributed by atoms with Crippen LogP contribution in [0.25, 0.3) is 0 Å². The fraction of sp³-hybridized carbons (Fsp3) is 0.368. The molecule has 1 unspecified atom stereocenters. The number of ether oxygens (including phenoxy) is 3. The molecule has 2 heterocycles. The van der Waals surface area contributed by atoms with E-state index < -0.39 is 11.8 Å². The van der Waals surface area contributed by atoms with E-state index in [-0.39, 0.29) is 18.6 Å². The first-order valence-corrected chi connectivity index (χ1v) is 7.83. The van der Waals surface area contributed by atoms with Crippen LogP contribution in [0.3, 0.4) is 0 Å². The maximum absolute atomic E-state index is 15.7. The van der Waals surface area contributed by atoms with Gasteiger partial charge in [-0.15, -0.1) is 0 Å². The smallest absolute Gasteiger partial charge is 0.172 e. The first-order chi connectivity index (χ1) is 11.2. The summed E-state index contributed by atoms with van der Waals surface area (Å²) in [6, 6.07) is 17.2. The van der Waals surface area contributed by atoms with Gasteiger partial charge in [-0.25, -0.2) is 4.39 Å². The number of rotatable bonds is 3. The molecule has 0 amide bonds. The van der Waals surface area contributed by atoms with Gasteiger partial charge in [0.25, 0.3) is 0 Å². The number of alkyl halides is 1. The Kier molecular flexibility index (Phi) is 3.58. The van der Waals surface area contributed by atoms with Crippen LogP contribution in [-0.4, -0.2) is 26.0 Å². The van der Waals surface area contributed by atoms with Crippen molar-refractivity contribution < 1.29 is 18.6 Å². The Labute approximate surface area is 135 Å². The van der Waals surface area contributed by atoms with Crippen LogP contribution in [0.15, 0.2) is 54.6 Å². The van der Waals surface area contributed by atoms with Gasteiger partial charge in [-0.05, 0) is 23.3 Å². The van der Waals surface area contributed by atoms with Gasteiger partial charge in [-0.3, -0.25) is 0 Å². The third-order valence-corrected chi connectivity index (χ3v) is 4.89. The van der Waals surface area contributed by atoms with Crippen molar-refractivity contribution in [3.05, 3.63) is 65.7 Å². The zero-order chi connectivity index (χ0) is 15.9. The molecule has 2 aliphatic rings. The molecule has 0 spiro atoms. The fourth-order valence-electron chi connectivity index (χ4n) is 3.65. The van der Waals surface area contributed by atoms with Crippen molar-refractivity contribution in [2.24, 2.45) is 5.92 Å². The molecule has 120 valence electrons. The van der Waals surface area contributed by atoms with E-state index in [1.54, 1.807) is 7.11 Å². The fourth-order valence-corrected chi connectivity index (χ4v) is 3.65.